The smallest absolute Gasteiger partial charge is 0.131 e. The van der Waals surface area contributed by atoms with Crippen molar-refractivity contribution in [3.8, 4) is 0 Å². The number of fused-ring (bicyclic) bond motifs is 1. The van der Waals surface area contributed by atoms with Gasteiger partial charge in [0.25, 0.3) is 0 Å². The van der Waals surface area contributed by atoms with Crippen LogP contribution in [0.5, 0.6) is 0 Å². The molecule has 0 N–H and O–H groups in total. The molecule has 0 saturated heterocycles. The molecule has 0 aliphatic rings. The van der Waals surface area contributed by atoms with Crippen LogP contribution in [-0.4, -0.2) is 4.20 Å². The maximum absolute atomic E-state index is 5.05. The molecular formula is C11H8S2Zn+2. The van der Waals surface area contributed by atoms with Crippen LogP contribution in [0.3, 0.4) is 0 Å². The molecule has 14 heavy (non-hydrogen) atoms. The van der Waals surface area contributed by atoms with E-state index in [0.717, 1.165) is 5.56 Å². The van der Waals surface area contributed by atoms with Crippen molar-refractivity contribution in [3.05, 3.63) is 48.0 Å². The SMILES string of the molecule is S=C(S)c1cccc2ccccc12.[Zn+2]. The quantitative estimate of drug-likeness (QED) is 0.470. The minimum absolute atomic E-state index is 0. The van der Waals surface area contributed by atoms with E-state index in [1.165, 1.54) is 10.8 Å². The van der Waals surface area contributed by atoms with Crippen molar-refractivity contribution < 1.29 is 19.5 Å². The predicted molar refractivity (Wildman–Crippen MR) is 64.6 cm³/mol. The Labute approximate surface area is 107 Å². The number of thiol groups is 1. The molecule has 0 atom stereocenters. The Morgan fingerprint density at radius 3 is 2.36 bits per heavy atom. The molecule has 0 amide bonds. The fraction of sp³-hybridized carbons (Fsp3) is 0. The summed E-state index contributed by atoms with van der Waals surface area (Å²) in [4.78, 5) is 0. The Hall–Kier alpha value is -0.237. The molecule has 2 aromatic carbocycles. The van der Waals surface area contributed by atoms with Gasteiger partial charge in [-0.25, -0.2) is 0 Å². The second-order valence-corrected chi connectivity index (χ2v) is 3.99. The van der Waals surface area contributed by atoms with Crippen molar-refractivity contribution in [3.63, 3.8) is 0 Å². The van der Waals surface area contributed by atoms with Gasteiger partial charge in [0.1, 0.15) is 0 Å². The van der Waals surface area contributed by atoms with Crippen molar-refractivity contribution >= 4 is 39.8 Å². The Bertz CT molecular complexity index is 460. The van der Waals surface area contributed by atoms with Gasteiger partial charge in [-0.3, -0.25) is 0 Å². The van der Waals surface area contributed by atoms with Crippen molar-refractivity contribution in [1.29, 1.82) is 0 Å². The molecule has 0 bridgehead atoms. The number of hydrogen-bond acceptors (Lipinski definition) is 1. The van der Waals surface area contributed by atoms with Gasteiger partial charge >= 0.3 is 19.5 Å². The van der Waals surface area contributed by atoms with Crippen molar-refractivity contribution in [2.75, 3.05) is 0 Å². The molecule has 0 saturated carbocycles. The van der Waals surface area contributed by atoms with Gasteiger partial charge in [0.15, 0.2) is 0 Å². The monoisotopic (exact) mass is 268 g/mol. The maximum Gasteiger partial charge on any atom is 2.00 e. The molecule has 0 fully saturated rings. The van der Waals surface area contributed by atoms with E-state index >= 15 is 0 Å². The van der Waals surface area contributed by atoms with Crippen LogP contribution in [0, 0.1) is 0 Å². The number of thiocarbonyl (C=S) groups is 1. The average Bonchev–Trinajstić information content (AvgIpc) is 2.17. The zero-order chi connectivity index (χ0) is 9.26. The van der Waals surface area contributed by atoms with Gasteiger partial charge < -0.3 is 0 Å². The Morgan fingerprint density at radius 2 is 1.64 bits per heavy atom. The summed E-state index contributed by atoms with van der Waals surface area (Å²) in [5.74, 6) is 0. The van der Waals surface area contributed by atoms with E-state index in [9.17, 15) is 0 Å². The van der Waals surface area contributed by atoms with Gasteiger partial charge in [0, 0.05) is 5.56 Å². The van der Waals surface area contributed by atoms with Crippen LogP contribution in [0.4, 0.5) is 0 Å². The fourth-order valence-electron chi connectivity index (χ4n) is 1.41. The summed E-state index contributed by atoms with van der Waals surface area (Å²) in [6.45, 7) is 0. The van der Waals surface area contributed by atoms with Crippen molar-refractivity contribution in [1.82, 2.24) is 0 Å². The second kappa shape index (κ2) is 5.02. The first-order valence-electron chi connectivity index (χ1n) is 4.00. The molecule has 64 valence electrons. The molecule has 0 spiro atoms. The third-order valence-corrected chi connectivity index (χ3v) is 2.48. The van der Waals surface area contributed by atoms with E-state index < -0.39 is 0 Å². The molecule has 3 heteroatoms. The van der Waals surface area contributed by atoms with Crippen LogP contribution in [0.15, 0.2) is 42.5 Å². The summed E-state index contributed by atoms with van der Waals surface area (Å²) in [6.07, 6.45) is 0. The molecule has 0 nitrogen and oxygen atoms in total. The van der Waals surface area contributed by atoms with Gasteiger partial charge in [0.05, 0.1) is 4.20 Å². The molecule has 0 radical (unpaired) electrons. The van der Waals surface area contributed by atoms with E-state index in [0.29, 0.717) is 4.20 Å². The third-order valence-electron chi connectivity index (χ3n) is 2.02. The first kappa shape index (κ1) is 11.8. The summed E-state index contributed by atoms with van der Waals surface area (Å²) >= 11 is 9.25. The van der Waals surface area contributed by atoms with Gasteiger partial charge in [-0.1, -0.05) is 54.7 Å². The topological polar surface area (TPSA) is 0 Å². The van der Waals surface area contributed by atoms with Gasteiger partial charge in [0.2, 0.25) is 0 Å². The molecule has 0 heterocycles. The molecule has 0 aliphatic carbocycles. The Kier molecular flexibility index (Phi) is 4.24. The summed E-state index contributed by atoms with van der Waals surface area (Å²) in [5, 5.41) is 2.38. The van der Waals surface area contributed by atoms with E-state index in [2.05, 4.69) is 30.8 Å². The molecule has 0 aliphatic heterocycles. The standard InChI is InChI=1S/C11H8S2.Zn/c12-11(13)10-7-3-5-8-4-1-2-6-9(8)10;/h1-7H,(H,12,13);/q;+2. The minimum Gasteiger partial charge on any atom is -0.131 e. The van der Waals surface area contributed by atoms with Gasteiger partial charge in [-0.15, -0.1) is 12.6 Å². The van der Waals surface area contributed by atoms with Gasteiger partial charge in [-0.05, 0) is 10.8 Å². The zero-order valence-corrected chi connectivity index (χ0v) is 12.3. The van der Waals surface area contributed by atoms with Crippen molar-refractivity contribution in [2.45, 2.75) is 0 Å². The first-order chi connectivity index (χ1) is 6.29. The summed E-state index contributed by atoms with van der Waals surface area (Å²) in [7, 11) is 0. The summed E-state index contributed by atoms with van der Waals surface area (Å²) in [6, 6.07) is 14.2. The fourth-order valence-corrected chi connectivity index (χ4v) is 1.78. The summed E-state index contributed by atoms with van der Waals surface area (Å²) in [5.41, 5.74) is 1.04. The predicted octanol–water partition coefficient (Wildman–Crippen LogP) is 3.44. The van der Waals surface area contributed by atoms with Crippen molar-refractivity contribution in [2.24, 2.45) is 0 Å². The molecule has 2 aromatic rings. The third kappa shape index (κ3) is 2.22. The van der Waals surface area contributed by atoms with Gasteiger partial charge in [-0.2, -0.15) is 0 Å². The van der Waals surface area contributed by atoms with E-state index in [1.54, 1.807) is 0 Å². The maximum atomic E-state index is 5.05. The average molecular weight is 270 g/mol. The molecule has 0 unspecified atom stereocenters. The van der Waals surface area contributed by atoms with E-state index in [1.807, 2.05) is 24.3 Å². The summed E-state index contributed by atoms with van der Waals surface area (Å²) < 4.78 is 0.650. The van der Waals surface area contributed by atoms with Crippen LogP contribution in [0.2, 0.25) is 0 Å². The number of benzene rings is 2. The zero-order valence-electron chi connectivity index (χ0n) is 7.60. The first-order valence-corrected chi connectivity index (χ1v) is 4.85. The number of hydrogen-bond donors (Lipinski definition) is 1. The minimum atomic E-state index is 0. The van der Waals surface area contributed by atoms with Crippen LogP contribution < -0.4 is 0 Å². The van der Waals surface area contributed by atoms with E-state index in [-0.39, 0.29) is 19.5 Å². The van der Waals surface area contributed by atoms with Crippen LogP contribution >= 0.6 is 24.8 Å². The van der Waals surface area contributed by atoms with Crippen LogP contribution in [0.25, 0.3) is 10.8 Å². The van der Waals surface area contributed by atoms with E-state index in [4.69, 9.17) is 12.2 Å². The Morgan fingerprint density at radius 1 is 1.00 bits per heavy atom. The Balaban J connectivity index is 0.000000980. The molecule has 0 aromatic heterocycles. The molecular weight excluding hydrogens is 262 g/mol. The van der Waals surface area contributed by atoms with Crippen LogP contribution in [-0.2, 0) is 19.5 Å². The molecule has 2 rings (SSSR count). The second-order valence-electron chi connectivity index (χ2n) is 2.83. The normalized spacial score (nSPS) is 9.50. The largest absolute Gasteiger partial charge is 2.00 e. The van der Waals surface area contributed by atoms with Crippen LogP contribution in [0.1, 0.15) is 5.56 Å². The number of rotatable bonds is 1.